The molecule has 2 amide bonds. The molecule has 2 aromatic rings. The lowest BCUT2D eigenvalue weighted by atomic mass is 10.1. The van der Waals surface area contributed by atoms with Gasteiger partial charge in [-0.3, -0.25) is 14.6 Å². The minimum absolute atomic E-state index is 0.217. The number of fused-ring (bicyclic) bond motifs is 3. The zero-order valence-electron chi connectivity index (χ0n) is 17.0. The molecule has 10 heteroatoms. The molecule has 0 saturated carbocycles. The number of thioether (sulfide) groups is 1. The maximum atomic E-state index is 13.2. The van der Waals surface area contributed by atoms with Crippen molar-refractivity contribution in [3.05, 3.63) is 59.7 Å². The number of halogens is 3. The Kier molecular flexibility index (Phi) is 6.05. The molecule has 166 valence electrons. The van der Waals surface area contributed by atoms with Gasteiger partial charge < -0.3 is 5.32 Å². The van der Waals surface area contributed by atoms with E-state index in [1.165, 1.54) is 23.1 Å². The van der Waals surface area contributed by atoms with Gasteiger partial charge in [0.25, 0.3) is 5.91 Å². The first-order chi connectivity index (χ1) is 15.3. The number of benzene rings is 2. The second-order valence-electron chi connectivity index (χ2n) is 7.22. The van der Waals surface area contributed by atoms with Gasteiger partial charge in [0.05, 0.1) is 22.7 Å². The summed E-state index contributed by atoms with van der Waals surface area (Å²) in [4.78, 5) is 35.9. The third kappa shape index (κ3) is 4.27. The van der Waals surface area contributed by atoms with Crippen LogP contribution in [0.1, 0.15) is 30.9 Å². The van der Waals surface area contributed by atoms with Crippen LogP contribution in [-0.2, 0) is 15.8 Å². The minimum atomic E-state index is -4.59. The van der Waals surface area contributed by atoms with E-state index >= 15 is 0 Å². The molecular formula is C22H19F3N4O2S. The molecule has 0 saturated heterocycles. The van der Waals surface area contributed by atoms with Gasteiger partial charge in [-0.1, -0.05) is 49.4 Å². The fourth-order valence-corrected chi connectivity index (χ4v) is 4.32. The van der Waals surface area contributed by atoms with Crippen LogP contribution in [0, 0.1) is 0 Å². The summed E-state index contributed by atoms with van der Waals surface area (Å²) < 4.78 is 39.5. The summed E-state index contributed by atoms with van der Waals surface area (Å²) in [7, 11) is 0. The minimum Gasteiger partial charge on any atom is -0.325 e. The van der Waals surface area contributed by atoms with Crippen molar-refractivity contribution >= 4 is 46.0 Å². The van der Waals surface area contributed by atoms with Gasteiger partial charge >= 0.3 is 6.18 Å². The van der Waals surface area contributed by atoms with E-state index < -0.39 is 23.7 Å². The average Bonchev–Trinajstić information content (AvgIpc) is 3.09. The molecule has 2 aliphatic heterocycles. The molecule has 0 unspecified atom stereocenters. The fourth-order valence-electron chi connectivity index (χ4n) is 3.52. The van der Waals surface area contributed by atoms with E-state index in [2.05, 4.69) is 15.3 Å². The van der Waals surface area contributed by atoms with Crippen molar-refractivity contribution in [3.63, 3.8) is 0 Å². The molecule has 6 nitrogen and oxygen atoms in total. The Bertz CT molecular complexity index is 1130. The molecule has 0 radical (unpaired) electrons. The molecule has 1 atom stereocenters. The van der Waals surface area contributed by atoms with E-state index in [-0.39, 0.29) is 22.5 Å². The molecule has 0 aromatic heterocycles. The van der Waals surface area contributed by atoms with Gasteiger partial charge in [-0.25, -0.2) is 9.89 Å². The third-order valence-corrected chi connectivity index (χ3v) is 5.89. The Hall–Kier alpha value is -3.14. The summed E-state index contributed by atoms with van der Waals surface area (Å²) in [5.74, 6) is -0.582. The molecule has 0 spiro atoms. The number of amidine groups is 2. The van der Waals surface area contributed by atoms with Crippen LogP contribution in [0.25, 0.3) is 0 Å². The van der Waals surface area contributed by atoms with Crippen LogP contribution >= 0.6 is 11.8 Å². The zero-order valence-corrected chi connectivity index (χ0v) is 17.8. The van der Waals surface area contributed by atoms with Crippen molar-refractivity contribution < 1.29 is 22.8 Å². The number of carbonyl (C=O) groups is 2. The predicted octanol–water partition coefficient (Wildman–Crippen LogP) is 4.84. The molecule has 2 aliphatic rings. The number of hydrogen-bond acceptors (Lipinski definition) is 5. The van der Waals surface area contributed by atoms with E-state index in [4.69, 9.17) is 0 Å². The van der Waals surface area contributed by atoms with Crippen LogP contribution in [0.5, 0.6) is 0 Å². The summed E-state index contributed by atoms with van der Waals surface area (Å²) in [6, 6.07) is 11.5. The first kappa shape index (κ1) is 22.1. The summed E-state index contributed by atoms with van der Waals surface area (Å²) in [5, 5.41) is 2.59. The Morgan fingerprint density at radius 3 is 2.62 bits per heavy atom. The van der Waals surface area contributed by atoms with E-state index in [0.29, 0.717) is 17.9 Å². The number of amides is 2. The molecule has 0 bridgehead atoms. The number of aliphatic imine (C=N–C) groups is 2. The smallest absolute Gasteiger partial charge is 0.325 e. The maximum Gasteiger partial charge on any atom is 0.418 e. The maximum absolute atomic E-state index is 13.2. The van der Waals surface area contributed by atoms with Gasteiger partial charge in [-0.2, -0.15) is 13.2 Å². The predicted molar refractivity (Wildman–Crippen MR) is 118 cm³/mol. The largest absolute Gasteiger partial charge is 0.418 e. The van der Waals surface area contributed by atoms with Crippen molar-refractivity contribution in [3.8, 4) is 0 Å². The first-order valence-electron chi connectivity index (χ1n) is 9.98. The molecule has 2 heterocycles. The highest BCUT2D eigenvalue weighted by molar-refractivity contribution is 8.14. The van der Waals surface area contributed by atoms with E-state index in [1.807, 2.05) is 25.1 Å². The Balaban J connectivity index is 1.54. The SMILES string of the molecule is CCC[C@@H]1N=C2c3ccccc3N=C(SCC(=O)Nc3ccccc3C(F)(F)F)N2C1=O. The quantitative estimate of drug-likeness (QED) is 0.694. The third-order valence-electron chi connectivity index (χ3n) is 4.95. The summed E-state index contributed by atoms with van der Waals surface area (Å²) in [6.07, 6.45) is -3.22. The second-order valence-corrected chi connectivity index (χ2v) is 8.17. The number of nitrogens with one attached hydrogen (secondary N) is 1. The molecule has 2 aromatic carbocycles. The average molecular weight is 460 g/mol. The van der Waals surface area contributed by atoms with E-state index in [9.17, 15) is 22.8 Å². The Morgan fingerprint density at radius 1 is 1.16 bits per heavy atom. The van der Waals surface area contributed by atoms with Crippen molar-refractivity contribution in [1.29, 1.82) is 0 Å². The standard InChI is InChI=1S/C22H19F3N4O2S/c1-2-7-17-20(31)29-19(27-17)13-8-3-5-10-15(13)28-21(29)32-12-18(30)26-16-11-6-4-9-14(16)22(23,24)25/h3-6,8-11,17H,2,7,12H2,1H3,(H,26,30)/t17-/m0/s1. The van der Waals surface area contributed by atoms with Crippen molar-refractivity contribution in [2.24, 2.45) is 9.98 Å². The Morgan fingerprint density at radius 2 is 1.88 bits per heavy atom. The topological polar surface area (TPSA) is 74.1 Å². The van der Waals surface area contributed by atoms with E-state index in [0.717, 1.165) is 29.8 Å². The number of para-hydroxylation sites is 2. The number of rotatable bonds is 5. The Labute approximate surface area is 186 Å². The van der Waals surface area contributed by atoms with E-state index in [1.54, 1.807) is 6.07 Å². The molecular weight excluding hydrogens is 441 g/mol. The highest BCUT2D eigenvalue weighted by Crippen LogP contribution is 2.36. The lowest BCUT2D eigenvalue weighted by molar-refractivity contribution is -0.137. The summed E-state index contributed by atoms with van der Waals surface area (Å²) in [6.45, 7) is 1.96. The monoisotopic (exact) mass is 460 g/mol. The highest BCUT2D eigenvalue weighted by atomic mass is 32.2. The fraction of sp³-hybridized carbons (Fsp3) is 0.273. The first-order valence-corrected chi connectivity index (χ1v) is 11.0. The van der Waals surface area contributed by atoms with Crippen LogP contribution in [0.3, 0.4) is 0 Å². The summed E-state index contributed by atoms with van der Waals surface area (Å²) >= 11 is 0.983. The second kappa shape index (κ2) is 8.78. The number of anilines is 1. The molecule has 0 aliphatic carbocycles. The van der Waals surface area contributed by atoms with Gasteiger partial charge in [0, 0.05) is 5.56 Å². The normalized spacial score (nSPS) is 17.4. The van der Waals surface area contributed by atoms with Crippen LogP contribution < -0.4 is 5.32 Å². The van der Waals surface area contributed by atoms with Crippen molar-refractivity contribution in [2.75, 3.05) is 11.1 Å². The molecule has 0 fully saturated rings. The van der Waals surface area contributed by atoms with Crippen molar-refractivity contribution in [2.45, 2.75) is 32.0 Å². The van der Waals surface area contributed by atoms with Crippen LogP contribution in [0.2, 0.25) is 0 Å². The van der Waals surface area contributed by atoms with Crippen LogP contribution in [-0.4, -0.2) is 39.5 Å². The van der Waals surface area contributed by atoms with Gasteiger partial charge in [-0.05, 0) is 30.7 Å². The molecule has 32 heavy (non-hydrogen) atoms. The lowest BCUT2D eigenvalue weighted by Gasteiger charge is -2.25. The number of nitrogens with zero attached hydrogens (tertiary/aromatic N) is 3. The number of alkyl halides is 3. The number of hydrogen-bond donors (Lipinski definition) is 1. The van der Waals surface area contributed by atoms with Gasteiger partial charge in [0.2, 0.25) is 5.91 Å². The van der Waals surface area contributed by atoms with Gasteiger partial charge in [-0.15, -0.1) is 0 Å². The zero-order chi connectivity index (χ0) is 22.9. The van der Waals surface area contributed by atoms with Gasteiger partial charge in [0.15, 0.2) is 5.17 Å². The van der Waals surface area contributed by atoms with Crippen molar-refractivity contribution in [1.82, 2.24) is 4.90 Å². The highest BCUT2D eigenvalue weighted by Gasteiger charge is 2.41. The lowest BCUT2D eigenvalue weighted by Crippen LogP contribution is -2.41. The molecule has 1 N–H and O–H groups in total. The van der Waals surface area contributed by atoms with Gasteiger partial charge in [0.1, 0.15) is 11.9 Å². The van der Waals surface area contributed by atoms with Crippen LogP contribution in [0.15, 0.2) is 58.5 Å². The number of carbonyl (C=O) groups excluding carboxylic acids is 2. The summed E-state index contributed by atoms with van der Waals surface area (Å²) in [5.41, 5.74) is 0.114. The molecule has 4 rings (SSSR count). The van der Waals surface area contributed by atoms with Crippen LogP contribution in [0.4, 0.5) is 24.5 Å².